The summed E-state index contributed by atoms with van der Waals surface area (Å²) >= 11 is 3.39. The van der Waals surface area contributed by atoms with Crippen molar-refractivity contribution in [2.75, 3.05) is 10.2 Å². The first-order valence-electron chi connectivity index (χ1n) is 8.82. The molecular weight excluding hydrogens is 410 g/mol. The molecule has 0 saturated heterocycles. The molecule has 1 fully saturated rings. The number of halogens is 1. The summed E-state index contributed by atoms with van der Waals surface area (Å²) in [5.41, 5.74) is 1.07. The van der Waals surface area contributed by atoms with Crippen LogP contribution in [-0.2, 0) is 10.5 Å². The number of anilines is 2. The number of carbonyl (C=O) groups excluding carboxylic acids is 2. The lowest BCUT2D eigenvalue weighted by atomic mass is 9.94. The zero-order valence-corrected chi connectivity index (χ0v) is 16.6. The predicted octanol–water partition coefficient (Wildman–Crippen LogP) is 3.54. The van der Waals surface area contributed by atoms with E-state index in [0.29, 0.717) is 21.4 Å². The van der Waals surface area contributed by atoms with Gasteiger partial charge in [-0.25, -0.2) is 4.79 Å². The molecule has 0 unspecified atom stereocenters. The Morgan fingerprint density at radius 2 is 1.96 bits per heavy atom. The topological polar surface area (TPSA) is 81.7 Å². The van der Waals surface area contributed by atoms with Crippen molar-refractivity contribution >= 4 is 39.2 Å². The summed E-state index contributed by atoms with van der Waals surface area (Å²) in [6, 6.07) is 9.98. The van der Waals surface area contributed by atoms with E-state index >= 15 is 0 Å². The van der Waals surface area contributed by atoms with Gasteiger partial charge in [-0.3, -0.25) is 9.69 Å². The second-order valence-electron chi connectivity index (χ2n) is 7.14. The number of hydrogen-bond donors (Lipinski definition) is 3. The van der Waals surface area contributed by atoms with Crippen molar-refractivity contribution in [3.05, 3.63) is 57.6 Å². The average Bonchev–Trinajstić information content (AvgIpc) is 3.43. The minimum Gasteiger partial charge on any atom is -0.359 e. The van der Waals surface area contributed by atoms with Gasteiger partial charge in [0, 0.05) is 21.8 Å². The molecule has 0 aromatic heterocycles. The van der Waals surface area contributed by atoms with Crippen LogP contribution in [0.1, 0.15) is 29.5 Å². The number of rotatable bonds is 3. The molecule has 140 valence electrons. The molecule has 27 heavy (non-hydrogen) atoms. The molecule has 2 aromatic rings. The van der Waals surface area contributed by atoms with Crippen LogP contribution in [0.2, 0.25) is 0 Å². The van der Waals surface area contributed by atoms with Gasteiger partial charge < -0.3 is 15.7 Å². The molecule has 6 nitrogen and oxygen atoms in total. The van der Waals surface area contributed by atoms with E-state index in [0.717, 1.165) is 28.9 Å². The van der Waals surface area contributed by atoms with E-state index in [2.05, 4.69) is 26.6 Å². The van der Waals surface area contributed by atoms with Gasteiger partial charge in [-0.1, -0.05) is 22.0 Å². The molecule has 2 aromatic carbocycles. The Balaban J connectivity index is 1.90. The van der Waals surface area contributed by atoms with Crippen molar-refractivity contribution in [3.8, 4) is 0 Å². The van der Waals surface area contributed by atoms with Crippen LogP contribution in [0.5, 0.6) is 0 Å². The van der Waals surface area contributed by atoms with E-state index in [1.807, 2.05) is 19.9 Å². The van der Waals surface area contributed by atoms with Gasteiger partial charge in [0.05, 0.1) is 5.69 Å². The molecule has 1 aliphatic heterocycles. The first-order chi connectivity index (χ1) is 12.8. The van der Waals surface area contributed by atoms with Gasteiger partial charge in [0.25, 0.3) is 11.6 Å². The number of urea groups is 1. The number of aliphatic hydroxyl groups is 1. The van der Waals surface area contributed by atoms with Gasteiger partial charge in [0.1, 0.15) is 0 Å². The highest BCUT2D eigenvalue weighted by Gasteiger charge is 2.53. The second-order valence-corrected chi connectivity index (χ2v) is 8.06. The Morgan fingerprint density at radius 1 is 1.22 bits per heavy atom. The monoisotopic (exact) mass is 429 g/mol. The van der Waals surface area contributed by atoms with Crippen LogP contribution in [0.4, 0.5) is 16.2 Å². The second kappa shape index (κ2) is 6.35. The Morgan fingerprint density at radius 3 is 2.63 bits per heavy atom. The molecule has 0 radical (unpaired) electrons. The fourth-order valence-electron chi connectivity index (χ4n) is 3.26. The maximum Gasteiger partial charge on any atom is 0.329 e. The number of fused-ring (bicyclic) bond motifs is 1. The Kier molecular flexibility index (Phi) is 4.24. The van der Waals surface area contributed by atoms with E-state index in [1.165, 1.54) is 0 Å². The van der Waals surface area contributed by atoms with E-state index < -0.39 is 17.7 Å². The Bertz CT molecular complexity index is 957. The lowest BCUT2D eigenvalue weighted by Crippen LogP contribution is -2.62. The smallest absolute Gasteiger partial charge is 0.329 e. The van der Waals surface area contributed by atoms with Crippen LogP contribution < -0.4 is 15.5 Å². The molecule has 1 aliphatic carbocycles. The predicted molar refractivity (Wildman–Crippen MR) is 107 cm³/mol. The van der Waals surface area contributed by atoms with Gasteiger partial charge in [0.15, 0.2) is 0 Å². The van der Waals surface area contributed by atoms with E-state index in [9.17, 15) is 14.7 Å². The van der Waals surface area contributed by atoms with Crippen molar-refractivity contribution in [2.45, 2.75) is 38.5 Å². The largest absolute Gasteiger partial charge is 0.359 e. The van der Waals surface area contributed by atoms with E-state index in [4.69, 9.17) is 0 Å². The molecule has 4 rings (SSSR count). The molecule has 3 amide bonds. The van der Waals surface area contributed by atoms with Gasteiger partial charge in [0.2, 0.25) is 0 Å². The number of nitrogens with one attached hydrogen (secondary N) is 2. The quantitative estimate of drug-likeness (QED) is 0.697. The number of benzene rings is 2. The summed E-state index contributed by atoms with van der Waals surface area (Å²) in [6.45, 7) is 3.89. The molecule has 7 heteroatoms. The van der Waals surface area contributed by atoms with Crippen LogP contribution in [0.15, 0.2) is 40.9 Å². The highest BCUT2D eigenvalue weighted by molar-refractivity contribution is 9.10. The van der Waals surface area contributed by atoms with Gasteiger partial charge in [-0.15, -0.1) is 0 Å². The van der Waals surface area contributed by atoms with Crippen molar-refractivity contribution in [3.63, 3.8) is 0 Å². The Labute approximate surface area is 165 Å². The fourth-order valence-corrected chi connectivity index (χ4v) is 3.62. The van der Waals surface area contributed by atoms with Crippen LogP contribution in [-0.4, -0.2) is 23.1 Å². The Hall–Kier alpha value is -2.38. The molecular formula is C20H20BrN3O3. The summed E-state index contributed by atoms with van der Waals surface area (Å²) in [4.78, 5) is 27.2. The molecule has 0 bridgehead atoms. The van der Waals surface area contributed by atoms with Crippen molar-refractivity contribution in [1.29, 1.82) is 0 Å². The SMILES string of the molecule is Cc1ccc(N2C(=O)Nc3ccc(Br)cc3[C@@]2(O)C(=O)NC2CC2)cc1C. The number of hydrogen-bond acceptors (Lipinski definition) is 3. The van der Waals surface area contributed by atoms with Gasteiger partial charge in [-0.05, 0) is 68.1 Å². The molecule has 1 heterocycles. The number of carbonyl (C=O) groups is 2. The summed E-state index contributed by atoms with van der Waals surface area (Å²) in [6.07, 6.45) is 1.76. The molecule has 0 spiro atoms. The molecule has 1 saturated carbocycles. The van der Waals surface area contributed by atoms with Crippen molar-refractivity contribution in [1.82, 2.24) is 5.32 Å². The highest BCUT2D eigenvalue weighted by Crippen LogP contribution is 2.41. The van der Waals surface area contributed by atoms with Crippen LogP contribution in [0.25, 0.3) is 0 Å². The lowest BCUT2D eigenvalue weighted by molar-refractivity contribution is -0.140. The number of aryl methyl sites for hydroxylation is 2. The third-order valence-electron chi connectivity index (χ3n) is 5.10. The first kappa shape index (κ1) is 18.0. The maximum atomic E-state index is 13.1. The molecule has 3 N–H and O–H groups in total. The minimum absolute atomic E-state index is 0.0451. The zero-order chi connectivity index (χ0) is 19.3. The number of nitrogens with zero attached hydrogens (tertiary/aromatic N) is 1. The number of amides is 3. The summed E-state index contributed by atoms with van der Waals surface area (Å²) in [7, 11) is 0. The lowest BCUT2D eigenvalue weighted by Gasteiger charge is -2.43. The third-order valence-corrected chi connectivity index (χ3v) is 5.60. The normalized spacial score (nSPS) is 21.5. The van der Waals surface area contributed by atoms with Crippen LogP contribution >= 0.6 is 15.9 Å². The summed E-state index contributed by atoms with van der Waals surface area (Å²) in [5.74, 6) is -0.600. The molecule has 1 atom stereocenters. The fraction of sp³-hybridized carbons (Fsp3) is 0.300. The van der Waals surface area contributed by atoms with Gasteiger partial charge in [-0.2, -0.15) is 0 Å². The maximum absolute atomic E-state index is 13.1. The molecule has 2 aliphatic rings. The summed E-state index contributed by atoms with van der Waals surface area (Å²) in [5, 5.41) is 17.3. The van der Waals surface area contributed by atoms with Crippen LogP contribution in [0, 0.1) is 13.8 Å². The van der Waals surface area contributed by atoms with E-state index in [1.54, 1.807) is 30.3 Å². The first-order valence-corrected chi connectivity index (χ1v) is 9.62. The van der Waals surface area contributed by atoms with Crippen molar-refractivity contribution < 1.29 is 14.7 Å². The standard InChI is InChI=1S/C20H20BrN3O3/c1-11-3-7-15(9-12(11)2)24-19(26)23-17-8-4-13(21)10-16(17)20(24,27)18(25)22-14-5-6-14/h3-4,7-10,14,27H,5-6H2,1-2H3,(H,22,25)(H,23,26)/t20-/m1/s1. The van der Waals surface area contributed by atoms with E-state index in [-0.39, 0.29) is 6.04 Å². The minimum atomic E-state index is -2.15. The van der Waals surface area contributed by atoms with Crippen molar-refractivity contribution in [2.24, 2.45) is 0 Å². The summed E-state index contributed by atoms with van der Waals surface area (Å²) < 4.78 is 0.704. The third kappa shape index (κ3) is 3.00. The average molecular weight is 430 g/mol. The van der Waals surface area contributed by atoms with Crippen LogP contribution in [0.3, 0.4) is 0 Å². The highest BCUT2D eigenvalue weighted by atomic mass is 79.9. The zero-order valence-electron chi connectivity index (χ0n) is 15.0. The van der Waals surface area contributed by atoms with Gasteiger partial charge >= 0.3 is 6.03 Å².